The molecular weight excluding hydrogens is 196 g/mol. The second kappa shape index (κ2) is 5.44. The fraction of sp³-hybridized carbons (Fsp3) is 0.643. The highest BCUT2D eigenvalue weighted by atomic mass is 14.9. The van der Waals surface area contributed by atoms with Gasteiger partial charge in [-0.3, -0.25) is 4.98 Å². The minimum atomic E-state index is 0.374. The van der Waals surface area contributed by atoms with Crippen molar-refractivity contribution in [3.8, 4) is 0 Å². The van der Waals surface area contributed by atoms with E-state index in [-0.39, 0.29) is 0 Å². The Morgan fingerprint density at radius 1 is 1.31 bits per heavy atom. The number of aromatic nitrogens is 1. The van der Waals surface area contributed by atoms with Gasteiger partial charge < -0.3 is 5.32 Å². The summed E-state index contributed by atoms with van der Waals surface area (Å²) in [4.78, 5) is 4.29. The molecule has 0 fully saturated rings. The molecule has 0 bridgehead atoms. The first-order valence-electron chi connectivity index (χ1n) is 6.02. The van der Waals surface area contributed by atoms with Gasteiger partial charge in [-0.2, -0.15) is 0 Å². The maximum Gasteiger partial charge on any atom is 0.0372 e. The standard InChI is InChI=1S/C14H24N2/c1-11(14(3,4)5)8-15-9-13-7-6-12(2)16-10-13/h6-7,10-11,15H,8-9H2,1-5H3. The Morgan fingerprint density at radius 3 is 2.50 bits per heavy atom. The van der Waals surface area contributed by atoms with Crippen molar-refractivity contribution in [3.05, 3.63) is 29.6 Å². The summed E-state index contributed by atoms with van der Waals surface area (Å²) in [5, 5.41) is 3.49. The maximum atomic E-state index is 4.29. The smallest absolute Gasteiger partial charge is 0.0372 e. The van der Waals surface area contributed by atoms with E-state index in [1.165, 1.54) is 5.56 Å². The van der Waals surface area contributed by atoms with Crippen molar-refractivity contribution in [1.82, 2.24) is 10.3 Å². The lowest BCUT2D eigenvalue weighted by molar-refractivity contribution is 0.252. The molecule has 2 nitrogen and oxygen atoms in total. The highest BCUT2D eigenvalue weighted by Gasteiger charge is 2.18. The molecule has 1 atom stereocenters. The first kappa shape index (κ1) is 13.2. The molecule has 1 aromatic rings. The summed E-state index contributed by atoms with van der Waals surface area (Å²) in [5.41, 5.74) is 2.71. The van der Waals surface area contributed by atoms with Crippen LogP contribution < -0.4 is 5.32 Å². The third-order valence-corrected chi connectivity index (χ3v) is 3.23. The Balaban J connectivity index is 2.33. The average molecular weight is 220 g/mol. The lowest BCUT2D eigenvalue weighted by atomic mass is 9.82. The number of rotatable bonds is 4. The van der Waals surface area contributed by atoms with Crippen LogP contribution in [-0.2, 0) is 6.54 Å². The van der Waals surface area contributed by atoms with Crippen LogP contribution >= 0.6 is 0 Å². The lowest BCUT2D eigenvalue weighted by Crippen LogP contribution is -2.29. The zero-order valence-electron chi connectivity index (χ0n) is 11.2. The lowest BCUT2D eigenvalue weighted by Gasteiger charge is -2.27. The van der Waals surface area contributed by atoms with Crippen LogP contribution in [0.3, 0.4) is 0 Å². The van der Waals surface area contributed by atoms with Crippen LogP contribution in [0.15, 0.2) is 18.3 Å². The van der Waals surface area contributed by atoms with Crippen molar-refractivity contribution < 1.29 is 0 Å². The minimum absolute atomic E-state index is 0.374. The quantitative estimate of drug-likeness (QED) is 0.843. The molecule has 1 aromatic heterocycles. The van der Waals surface area contributed by atoms with Gasteiger partial charge in [-0.25, -0.2) is 0 Å². The van der Waals surface area contributed by atoms with E-state index in [4.69, 9.17) is 0 Å². The van der Waals surface area contributed by atoms with E-state index in [1.807, 2.05) is 13.1 Å². The highest BCUT2D eigenvalue weighted by molar-refractivity contribution is 5.12. The summed E-state index contributed by atoms with van der Waals surface area (Å²) in [6.45, 7) is 13.1. The Kier molecular flexibility index (Phi) is 4.48. The zero-order chi connectivity index (χ0) is 12.2. The molecule has 0 amide bonds. The second-order valence-corrected chi connectivity index (χ2v) is 5.71. The molecule has 0 aliphatic rings. The van der Waals surface area contributed by atoms with Gasteiger partial charge in [0.25, 0.3) is 0 Å². The van der Waals surface area contributed by atoms with E-state index in [0.29, 0.717) is 11.3 Å². The molecule has 0 aliphatic heterocycles. The van der Waals surface area contributed by atoms with E-state index in [0.717, 1.165) is 18.8 Å². The molecule has 1 unspecified atom stereocenters. The second-order valence-electron chi connectivity index (χ2n) is 5.71. The summed E-state index contributed by atoms with van der Waals surface area (Å²) in [5.74, 6) is 0.672. The van der Waals surface area contributed by atoms with Crippen molar-refractivity contribution in [2.24, 2.45) is 11.3 Å². The van der Waals surface area contributed by atoms with Gasteiger partial charge in [-0.1, -0.05) is 33.8 Å². The van der Waals surface area contributed by atoms with E-state index >= 15 is 0 Å². The Labute approximate surface area is 99.5 Å². The van der Waals surface area contributed by atoms with Crippen molar-refractivity contribution in [2.75, 3.05) is 6.54 Å². The molecule has 0 aliphatic carbocycles. The van der Waals surface area contributed by atoms with Gasteiger partial charge in [-0.05, 0) is 36.4 Å². The van der Waals surface area contributed by atoms with Crippen LogP contribution in [0.4, 0.5) is 0 Å². The van der Waals surface area contributed by atoms with Crippen LogP contribution in [0.2, 0.25) is 0 Å². The first-order valence-corrected chi connectivity index (χ1v) is 6.02. The molecule has 1 heterocycles. The summed E-state index contributed by atoms with van der Waals surface area (Å²) in [6.07, 6.45) is 1.95. The Bertz CT molecular complexity index is 309. The third-order valence-electron chi connectivity index (χ3n) is 3.23. The van der Waals surface area contributed by atoms with E-state index in [2.05, 4.69) is 50.1 Å². The van der Waals surface area contributed by atoms with Gasteiger partial charge in [0.15, 0.2) is 0 Å². The monoisotopic (exact) mass is 220 g/mol. The minimum Gasteiger partial charge on any atom is -0.312 e. The molecule has 0 saturated carbocycles. The molecule has 0 radical (unpaired) electrons. The first-order chi connectivity index (χ1) is 7.39. The number of nitrogens with zero attached hydrogens (tertiary/aromatic N) is 1. The highest BCUT2D eigenvalue weighted by Crippen LogP contribution is 2.24. The molecule has 0 spiro atoms. The Hall–Kier alpha value is -0.890. The summed E-state index contributed by atoms with van der Waals surface area (Å²) in [6, 6.07) is 4.20. The number of aryl methyl sites for hydroxylation is 1. The van der Waals surface area contributed by atoms with Crippen LogP contribution in [0.5, 0.6) is 0 Å². The summed E-state index contributed by atoms with van der Waals surface area (Å²) < 4.78 is 0. The van der Waals surface area contributed by atoms with Crippen molar-refractivity contribution in [3.63, 3.8) is 0 Å². The third kappa shape index (κ3) is 4.31. The molecule has 16 heavy (non-hydrogen) atoms. The van der Waals surface area contributed by atoms with E-state index < -0.39 is 0 Å². The average Bonchev–Trinajstić information content (AvgIpc) is 2.19. The molecule has 90 valence electrons. The van der Waals surface area contributed by atoms with Crippen LogP contribution in [-0.4, -0.2) is 11.5 Å². The van der Waals surface area contributed by atoms with Gasteiger partial charge in [0.05, 0.1) is 0 Å². The summed E-state index contributed by atoms with van der Waals surface area (Å²) >= 11 is 0. The zero-order valence-corrected chi connectivity index (χ0v) is 11.2. The van der Waals surface area contributed by atoms with Crippen LogP contribution in [0, 0.1) is 18.3 Å². The number of hydrogen-bond donors (Lipinski definition) is 1. The number of pyridine rings is 1. The number of hydrogen-bond acceptors (Lipinski definition) is 2. The maximum absolute atomic E-state index is 4.29. The largest absolute Gasteiger partial charge is 0.312 e. The van der Waals surface area contributed by atoms with Gasteiger partial charge >= 0.3 is 0 Å². The van der Waals surface area contributed by atoms with Gasteiger partial charge in [0.1, 0.15) is 0 Å². The normalized spacial score (nSPS) is 13.8. The van der Waals surface area contributed by atoms with Crippen LogP contribution in [0.1, 0.15) is 39.0 Å². The van der Waals surface area contributed by atoms with Crippen molar-refractivity contribution >= 4 is 0 Å². The predicted molar refractivity (Wildman–Crippen MR) is 69.3 cm³/mol. The van der Waals surface area contributed by atoms with Gasteiger partial charge in [-0.15, -0.1) is 0 Å². The SMILES string of the molecule is Cc1ccc(CNCC(C)C(C)(C)C)cn1. The summed E-state index contributed by atoms with van der Waals surface area (Å²) in [7, 11) is 0. The molecule has 0 aromatic carbocycles. The van der Waals surface area contributed by atoms with Gasteiger partial charge in [0, 0.05) is 18.4 Å². The topological polar surface area (TPSA) is 24.9 Å². The van der Waals surface area contributed by atoms with Crippen molar-refractivity contribution in [1.29, 1.82) is 0 Å². The van der Waals surface area contributed by atoms with Crippen molar-refractivity contribution in [2.45, 2.75) is 41.2 Å². The molecule has 0 saturated heterocycles. The fourth-order valence-electron chi connectivity index (χ4n) is 1.34. The predicted octanol–water partition coefficient (Wildman–Crippen LogP) is 3.16. The van der Waals surface area contributed by atoms with Gasteiger partial charge in [0.2, 0.25) is 0 Å². The fourth-order valence-corrected chi connectivity index (χ4v) is 1.34. The molecule has 2 heteroatoms. The molecular formula is C14H24N2. The van der Waals surface area contributed by atoms with Crippen LogP contribution in [0.25, 0.3) is 0 Å². The number of nitrogens with one attached hydrogen (secondary N) is 1. The molecule has 1 rings (SSSR count). The molecule has 1 N–H and O–H groups in total. The van der Waals surface area contributed by atoms with E-state index in [1.54, 1.807) is 0 Å². The Morgan fingerprint density at radius 2 is 2.00 bits per heavy atom. The van der Waals surface area contributed by atoms with E-state index in [9.17, 15) is 0 Å².